The second-order valence-electron chi connectivity index (χ2n) is 5.74. The lowest BCUT2D eigenvalue weighted by atomic mass is 10.1. The van der Waals surface area contributed by atoms with Crippen LogP contribution in [0.3, 0.4) is 0 Å². The Balaban J connectivity index is 1.68. The summed E-state index contributed by atoms with van der Waals surface area (Å²) in [5, 5.41) is 19.5. The molecule has 3 rings (SSSR count). The van der Waals surface area contributed by atoms with Crippen LogP contribution in [0.2, 0.25) is 0 Å². The summed E-state index contributed by atoms with van der Waals surface area (Å²) < 4.78 is 0. The van der Waals surface area contributed by atoms with Crippen molar-refractivity contribution in [2.75, 3.05) is 5.73 Å². The Hall–Kier alpha value is -4.16. The first-order valence-electron chi connectivity index (χ1n) is 8.13. The molecule has 0 unspecified atom stereocenters. The van der Waals surface area contributed by atoms with Gasteiger partial charge in [0.1, 0.15) is 0 Å². The summed E-state index contributed by atoms with van der Waals surface area (Å²) in [6.07, 6.45) is 5.33. The number of nitrogens with two attached hydrogens (primary N) is 1. The van der Waals surface area contributed by atoms with Crippen LogP contribution < -0.4 is 16.5 Å². The minimum Gasteiger partial charge on any atom is -0.380 e. The summed E-state index contributed by atoms with van der Waals surface area (Å²) in [6, 6.07) is 13.3. The molecule has 28 heavy (non-hydrogen) atoms. The number of nitrogens with zero attached hydrogens (tertiary/aromatic N) is 3. The van der Waals surface area contributed by atoms with Gasteiger partial charge in [0.2, 0.25) is 0 Å². The highest BCUT2D eigenvalue weighted by molar-refractivity contribution is 5.96. The SMILES string of the molecule is C#Cc1ccc(-n2nc(N)c(C(=O)NCc3ccc(C(=O)NO)cc3)n2)cc1. The molecule has 0 fully saturated rings. The van der Waals surface area contributed by atoms with Crippen molar-refractivity contribution in [2.45, 2.75) is 6.54 Å². The molecule has 2 aromatic carbocycles. The van der Waals surface area contributed by atoms with Gasteiger partial charge in [-0.2, -0.15) is 0 Å². The number of hydroxylamine groups is 1. The van der Waals surface area contributed by atoms with Crippen LogP contribution in [-0.4, -0.2) is 32.0 Å². The summed E-state index contributed by atoms with van der Waals surface area (Å²) in [7, 11) is 0. The van der Waals surface area contributed by atoms with Crippen molar-refractivity contribution in [3.8, 4) is 18.0 Å². The number of hydrogen-bond donors (Lipinski definition) is 4. The molecule has 0 saturated heterocycles. The Bertz CT molecular complexity index is 1050. The van der Waals surface area contributed by atoms with Crippen LogP contribution >= 0.6 is 0 Å². The molecule has 5 N–H and O–H groups in total. The van der Waals surface area contributed by atoms with Gasteiger partial charge in [-0.15, -0.1) is 21.4 Å². The molecule has 9 heteroatoms. The van der Waals surface area contributed by atoms with E-state index in [0.717, 1.165) is 5.56 Å². The van der Waals surface area contributed by atoms with E-state index in [4.69, 9.17) is 17.4 Å². The number of rotatable bonds is 5. The van der Waals surface area contributed by atoms with Gasteiger partial charge in [0, 0.05) is 17.7 Å². The van der Waals surface area contributed by atoms with Crippen molar-refractivity contribution >= 4 is 17.6 Å². The number of aromatic nitrogens is 3. The molecule has 0 saturated carbocycles. The molecule has 0 radical (unpaired) electrons. The van der Waals surface area contributed by atoms with E-state index in [2.05, 4.69) is 21.4 Å². The zero-order valence-corrected chi connectivity index (χ0v) is 14.6. The first kappa shape index (κ1) is 18.6. The van der Waals surface area contributed by atoms with E-state index < -0.39 is 11.8 Å². The van der Waals surface area contributed by atoms with E-state index in [1.165, 1.54) is 16.9 Å². The Morgan fingerprint density at radius 2 is 1.75 bits per heavy atom. The highest BCUT2D eigenvalue weighted by atomic mass is 16.5. The fourth-order valence-electron chi connectivity index (χ4n) is 2.39. The number of hydrogen-bond acceptors (Lipinski definition) is 6. The first-order valence-corrected chi connectivity index (χ1v) is 8.13. The van der Waals surface area contributed by atoms with Crippen LogP contribution in [0.15, 0.2) is 48.5 Å². The summed E-state index contributed by atoms with van der Waals surface area (Å²) in [5.41, 5.74) is 9.73. The predicted molar refractivity (Wildman–Crippen MR) is 101 cm³/mol. The van der Waals surface area contributed by atoms with E-state index in [-0.39, 0.29) is 18.1 Å². The minimum absolute atomic E-state index is 0.00250. The third kappa shape index (κ3) is 3.98. The molecule has 1 aromatic heterocycles. The van der Waals surface area contributed by atoms with Gasteiger partial charge in [0.05, 0.1) is 5.69 Å². The average Bonchev–Trinajstić information content (AvgIpc) is 3.13. The molecule has 0 spiro atoms. The first-order chi connectivity index (χ1) is 13.5. The molecule has 140 valence electrons. The van der Waals surface area contributed by atoms with Gasteiger partial charge in [-0.1, -0.05) is 18.1 Å². The molecule has 0 atom stereocenters. The standard InChI is InChI=1S/C19H16N6O3/c1-2-12-5-9-15(10-6-12)25-22-16(17(20)23-25)19(27)21-11-13-3-7-14(8-4-13)18(26)24-28/h1,3-10,28H,11H2,(H2,20,23)(H,21,27)(H,24,26). The van der Waals surface area contributed by atoms with E-state index >= 15 is 0 Å². The molecule has 2 amide bonds. The summed E-state index contributed by atoms with van der Waals surface area (Å²) in [5.74, 6) is 1.41. The molecule has 0 aliphatic carbocycles. The molecular formula is C19H16N6O3. The zero-order valence-electron chi connectivity index (χ0n) is 14.6. The molecule has 0 aliphatic heterocycles. The van der Waals surface area contributed by atoms with Crippen LogP contribution in [-0.2, 0) is 6.54 Å². The topological polar surface area (TPSA) is 135 Å². The van der Waals surface area contributed by atoms with Crippen molar-refractivity contribution < 1.29 is 14.8 Å². The second kappa shape index (κ2) is 8.03. The number of nitrogen functional groups attached to an aromatic ring is 1. The fraction of sp³-hybridized carbons (Fsp3) is 0.0526. The number of carbonyl (C=O) groups excluding carboxylic acids is 2. The largest absolute Gasteiger partial charge is 0.380 e. The van der Waals surface area contributed by atoms with Gasteiger partial charge >= 0.3 is 0 Å². The normalized spacial score (nSPS) is 10.1. The molecule has 0 aliphatic rings. The average molecular weight is 376 g/mol. The summed E-state index contributed by atoms with van der Waals surface area (Å²) in [4.78, 5) is 24.9. The monoisotopic (exact) mass is 376 g/mol. The number of anilines is 1. The highest BCUT2D eigenvalue weighted by Gasteiger charge is 2.17. The highest BCUT2D eigenvalue weighted by Crippen LogP contribution is 2.12. The van der Waals surface area contributed by atoms with E-state index in [1.807, 2.05) is 0 Å². The quantitative estimate of drug-likeness (QED) is 0.297. The number of terminal acetylenes is 1. The van der Waals surface area contributed by atoms with Crippen LogP contribution in [0.4, 0.5) is 5.82 Å². The summed E-state index contributed by atoms with van der Waals surface area (Å²) in [6.45, 7) is 0.197. The second-order valence-corrected chi connectivity index (χ2v) is 5.74. The van der Waals surface area contributed by atoms with E-state index in [9.17, 15) is 9.59 Å². The van der Waals surface area contributed by atoms with Crippen molar-refractivity contribution in [3.05, 3.63) is 70.9 Å². The maximum absolute atomic E-state index is 12.4. The van der Waals surface area contributed by atoms with E-state index in [1.54, 1.807) is 41.9 Å². The van der Waals surface area contributed by atoms with Gasteiger partial charge in [0.25, 0.3) is 11.8 Å². The number of benzene rings is 2. The zero-order chi connectivity index (χ0) is 20.1. The molecule has 3 aromatic rings. The maximum atomic E-state index is 12.4. The molecule has 1 heterocycles. The molecular weight excluding hydrogens is 360 g/mol. The third-order valence-corrected chi connectivity index (χ3v) is 3.89. The van der Waals surface area contributed by atoms with Crippen molar-refractivity contribution in [2.24, 2.45) is 0 Å². The molecule has 0 bridgehead atoms. The van der Waals surface area contributed by atoms with Gasteiger partial charge in [-0.3, -0.25) is 14.8 Å². The van der Waals surface area contributed by atoms with E-state index in [0.29, 0.717) is 16.8 Å². The predicted octanol–water partition coefficient (Wildman–Crippen LogP) is 0.880. The van der Waals surface area contributed by atoms with Crippen LogP contribution in [0, 0.1) is 12.3 Å². The van der Waals surface area contributed by atoms with Crippen molar-refractivity contribution in [1.29, 1.82) is 0 Å². The van der Waals surface area contributed by atoms with Crippen LogP contribution in [0.5, 0.6) is 0 Å². The Morgan fingerprint density at radius 1 is 1.07 bits per heavy atom. The van der Waals surface area contributed by atoms with Crippen molar-refractivity contribution in [1.82, 2.24) is 25.8 Å². The lowest BCUT2D eigenvalue weighted by Gasteiger charge is -2.05. The maximum Gasteiger partial charge on any atom is 0.275 e. The van der Waals surface area contributed by atoms with Crippen molar-refractivity contribution in [3.63, 3.8) is 0 Å². The lowest BCUT2D eigenvalue weighted by molar-refractivity contribution is 0.0706. The minimum atomic E-state index is -0.616. The molecule has 9 nitrogen and oxygen atoms in total. The van der Waals surface area contributed by atoms with Crippen LogP contribution in [0.1, 0.15) is 32.0 Å². The number of carbonyl (C=O) groups is 2. The number of amides is 2. The fourth-order valence-corrected chi connectivity index (χ4v) is 2.39. The lowest BCUT2D eigenvalue weighted by Crippen LogP contribution is -2.24. The number of nitrogens with one attached hydrogen (secondary N) is 2. The summed E-state index contributed by atoms with van der Waals surface area (Å²) >= 11 is 0. The van der Waals surface area contributed by atoms with Gasteiger partial charge < -0.3 is 11.1 Å². The third-order valence-electron chi connectivity index (χ3n) is 3.89. The smallest absolute Gasteiger partial charge is 0.275 e. The Morgan fingerprint density at radius 3 is 2.36 bits per heavy atom. The Kier molecular flexibility index (Phi) is 5.34. The van der Waals surface area contributed by atoms with Crippen LogP contribution in [0.25, 0.3) is 5.69 Å². The van der Waals surface area contributed by atoms with Gasteiger partial charge in [-0.05, 0) is 42.0 Å². The van der Waals surface area contributed by atoms with Gasteiger partial charge in [-0.25, -0.2) is 5.48 Å². The Labute approximate surface area is 160 Å². The van der Waals surface area contributed by atoms with Gasteiger partial charge in [0.15, 0.2) is 11.5 Å².